The molecule has 1 atom stereocenters. The average Bonchev–Trinajstić information content (AvgIpc) is 3.22. The van der Waals surface area contributed by atoms with Crippen LogP contribution in [0.5, 0.6) is 0 Å². The Labute approximate surface area is 125 Å². The van der Waals surface area contributed by atoms with E-state index in [1.807, 2.05) is 6.07 Å². The molecule has 1 aliphatic carbocycles. The first-order valence-electron chi connectivity index (χ1n) is 7.74. The molecular weight excluding hydrogens is 266 g/mol. The summed E-state index contributed by atoms with van der Waals surface area (Å²) in [6.45, 7) is 4.42. The zero-order valence-electron chi connectivity index (χ0n) is 12.5. The summed E-state index contributed by atoms with van der Waals surface area (Å²) in [6.07, 6.45) is 3.85. The van der Waals surface area contributed by atoms with E-state index in [0.29, 0.717) is 23.9 Å². The zero-order chi connectivity index (χ0) is 14.8. The van der Waals surface area contributed by atoms with Gasteiger partial charge in [-0.25, -0.2) is 4.79 Å². The summed E-state index contributed by atoms with van der Waals surface area (Å²) in [5, 5.41) is 3.50. The summed E-state index contributed by atoms with van der Waals surface area (Å²) >= 11 is 0. The highest BCUT2D eigenvalue weighted by molar-refractivity contribution is 5.92. The lowest BCUT2D eigenvalue weighted by Gasteiger charge is -2.18. The molecule has 21 heavy (non-hydrogen) atoms. The molecule has 2 aliphatic rings. The molecule has 0 radical (unpaired) electrons. The summed E-state index contributed by atoms with van der Waals surface area (Å²) in [4.78, 5) is 14.2. The predicted octanol–water partition coefficient (Wildman–Crippen LogP) is 2.09. The molecule has 1 heterocycles. The third-order valence-corrected chi connectivity index (χ3v) is 4.21. The van der Waals surface area contributed by atoms with Gasteiger partial charge in [0.05, 0.1) is 23.5 Å². The van der Waals surface area contributed by atoms with E-state index in [4.69, 9.17) is 10.5 Å². The van der Waals surface area contributed by atoms with Crippen LogP contribution in [0.2, 0.25) is 0 Å². The molecule has 5 nitrogen and oxygen atoms in total. The molecule has 3 N–H and O–H groups in total. The molecular formula is C16H23N3O2. The highest BCUT2D eigenvalue weighted by Gasteiger charge is 2.34. The Hall–Kier alpha value is -1.75. The van der Waals surface area contributed by atoms with Gasteiger partial charge in [0.1, 0.15) is 0 Å². The fraction of sp³-hybridized carbons (Fsp3) is 0.562. The third-order valence-electron chi connectivity index (χ3n) is 4.21. The lowest BCUT2D eigenvalue weighted by molar-refractivity contribution is 0.0526. The zero-order valence-corrected chi connectivity index (χ0v) is 12.5. The summed E-state index contributed by atoms with van der Waals surface area (Å²) < 4.78 is 4.98. The van der Waals surface area contributed by atoms with Crippen LogP contribution in [0.25, 0.3) is 0 Å². The van der Waals surface area contributed by atoms with E-state index >= 15 is 0 Å². The standard InChI is InChI=1S/C16H23N3O2/c1-2-21-16(20)11-3-6-15(14(17)9-11)18-12-7-8-19(10-12)13-4-5-13/h3,6,9,12-13,18H,2,4-5,7-8,10,17H2,1H3. The van der Waals surface area contributed by atoms with Gasteiger partial charge in [0, 0.05) is 25.2 Å². The van der Waals surface area contributed by atoms with Crippen LogP contribution in [-0.4, -0.2) is 42.6 Å². The van der Waals surface area contributed by atoms with E-state index in [0.717, 1.165) is 24.7 Å². The van der Waals surface area contributed by atoms with Crippen LogP contribution in [0.15, 0.2) is 18.2 Å². The maximum absolute atomic E-state index is 11.7. The van der Waals surface area contributed by atoms with Crippen LogP contribution in [-0.2, 0) is 4.74 Å². The van der Waals surface area contributed by atoms with E-state index in [1.54, 1.807) is 19.1 Å². The van der Waals surface area contributed by atoms with Gasteiger partial charge < -0.3 is 15.8 Å². The highest BCUT2D eigenvalue weighted by atomic mass is 16.5. The number of carbonyl (C=O) groups is 1. The molecule has 1 aromatic carbocycles. The number of anilines is 2. The minimum Gasteiger partial charge on any atom is -0.462 e. The Morgan fingerprint density at radius 3 is 2.90 bits per heavy atom. The van der Waals surface area contributed by atoms with Gasteiger partial charge in [0.25, 0.3) is 0 Å². The van der Waals surface area contributed by atoms with Crippen molar-refractivity contribution in [3.05, 3.63) is 23.8 Å². The normalized spacial score (nSPS) is 22.2. The van der Waals surface area contributed by atoms with Gasteiger partial charge in [-0.1, -0.05) is 0 Å². The van der Waals surface area contributed by atoms with Crippen molar-refractivity contribution in [1.29, 1.82) is 0 Å². The van der Waals surface area contributed by atoms with Crippen LogP contribution in [0.4, 0.5) is 11.4 Å². The van der Waals surface area contributed by atoms with Crippen molar-refractivity contribution < 1.29 is 9.53 Å². The molecule has 2 fully saturated rings. The van der Waals surface area contributed by atoms with E-state index in [1.165, 1.54) is 19.4 Å². The van der Waals surface area contributed by atoms with Gasteiger partial charge in [0.15, 0.2) is 0 Å². The minimum absolute atomic E-state index is 0.323. The predicted molar refractivity (Wildman–Crippen MR) is 83.4 cm³/mol. The van der Waals surface area contributed by atoms with Crippen molar-refractivity contribution in [2.45, 2.75) is 38.3 Å². The molecule has 0 aromatic heterocycles. The van der Waals surface area contributed by atoms with Crippen molar-refractivity contribution >= 4 is 17.3 Å². The molecule has 1 unspecified atom stereocenters. The van der Waals surface area contributed by atoms with Crippen LogP contribution < -0.4 is 11.1 Å². The average molecular weight is 289 g/mol. The Balaban J connectivity index is 1.62. The number of nitrogen functional groups attached to an aromatic ring is 1. The number of rotatable bonds is 5. The second-order valence-electron chi connectivity index (χ2n) is 5.88. The smallest absolute Gasteiger partial charge is 0.338 e. The Morgan fingerprint density at radius 2 is 2.24 bits per heavy atom. The summed E-state index contributed by atoms with van der Waals surface area (Å²) in [7, 11) is 0. The van der Waals surface area contributed by atoms with E-state index in [9.17, 15) is 4.79 Å². The topological polar surface area (TPSA) is 67.6 Å². The Kier molecular flexibility index (Phi) is 4.01. The van der Waals surface area contributed by atoms with Gasteiger partial charge >= 0.3 is 5.97 Å². The summed E-state index contributed by atoms with van der Waals surface area (Å²) in [6, 6.07) is 6.60. The SMILES string of the molecule is CCOC(=O)c1ccc(NC2CCN(C3CC3)C2)c(N)c1. The van der Waals surface area contributed by atoms with Crippen molar-refractivity contribution in [2.75, 3.05) is 30.7 Å². The number of benzene rings is 1. The highest BCUT2D eigenvalue weighted by Crippen LogP contribution is 2.31. The van der Waals surface area contributed by atoms with Gasteiger partial charge in [-0.2, -0.15) is 0 Å². The van der Waals surface area contributed by atoms with Gasteiger partial charge in [-0.05, 0) is 44.4 Å². The number of esters is 1. The molecule has 114 valence electrons. The van der Waals surface area contributed by atoms with Crippen molar-refractivity contribution in [3.63, 3.8) is 0 Å². The van der Waals surface area contributed by atoms with E-state index in [2.05, 4.69) is 10.2 Å². The largest absolute Gasteiger partial charge is 0.462 e. The molecule has 0 spiro atoms. The van der Waals surface area contributed by atoms with Crippen LogP contribution >= 0.6 is 0 Å². The molecule has 1 saturated carbocycles. The number of likely N-dealkylation sites (tertiary alicyclic amines) is 1. The van der Waals surface area contributed by atoms with Crippen LogP contribution in [0.1, 0.15) is 36.5 Å². The van der Waals surface area contributed by atoms with Crippen molar-refractivity contribution in [1.82, 2.24) is 4.90 Å². The molecule has 1 aromatic rings. The summed E-state index contributed by atoms with van der Waals surface area (Å²) in [5.74, 6) is -0.323. The summed E-state index contributed by atoms with van der Waals surface area (Å²) in [5.41, 5.74) is 8.07. The molecule has 0 bridgehead atoms. The van der Waals surface area contributed by atoms with Crippen molar-refractivity contribution in [3.8, 4) is 0 Å². The number of hydrogen-bond donors (Lipinski definition) is 2. The Bertz CT molecular complexity index is 528. The maximum atomic E-state index is 11.7. The second-order valence-corrected chi connectivity index (χ2v) is 5.88. The van der Waals surface area contributed by atoms with Crippen molar-refractivity contribution in [2.24, 2.45) is 0 Å². The number of nitrogens with two attached hydrogens (primary N) is 1. The third kappa shape index (κ3) is 3.29. The number of nitrogens with one attached hydrogen (secondary N) is 1. The van der Waals surface area contributed by atoms with Gasteiger partial charge in [-0.3, -0.25) is 4.90 Å². The molecule has 0 amide bonds. The quantitative estimate of drug-likeness (QED) is 0.642. The number of nitrogens with zero attached hydrogens (tertiary/aromatic N) is 1. The first-order valence-corrected chi connectivity index (χ1v) is 7.74. The molecule has 5 heteroatoms. The van der Waals surface area contributed by atoms with Gasteiger partial charge in [0.2, 0.25) is 0 Å². The Morgan fingerprint density at radius 1 is 1.43 bits per heavy atom. The fourth-order valence-corrected chi connectivity index (χ4v) is 2.93. The molecule has 3 rings (SSSR count). The number of carbonyl (C=O) groups excluding carboxylic acids is 1. The first kappa shape index (κ1) is 14.2. The number of ether oxygens (including phenoxy) is 1. The second kappa shape index (κ2) is 5.93. The molecule has 1 aliphatic heterocycles. The monoisotopic (exact) mass is 289 g/mol. The number of hydrogen-bond acceptors (Lipinski definition) is 5. The fourth-order valence-electron chi connectivity index (χ4n) is 2.93. The maximum Gasteiger partial charge on any atom is 0.338 e. The van der Waals surface area contributed by atoms with E-state index in [-0.39, 0.29) is 5.97 Å². The van der Waals surface area contributed by atoms with E-state index < -0.39 is 0 Å². The first-order chi connectivity index (χ1) is 10.2. The van der Waals surface area contributed by atoms with Crippen LogP contribution in [0, 0.1) is 0 Å². The van der Waals surface area contributed by atoms with Gasteiger partial charge in [-0.15, -0.1) is 0 Å². The minimum atomic E-state index is -0.323. The molecule has 1 saturated heterocycles. The van der Waals surface area contributed by atoms with Crippen LogP contribution in [0.3, 0.4) is 0 Å². The lowest BCUT2D eigenvalue weighted by Crippen LogP contribution is -2.28. The lowest BCUT2D eigenvalue weighted by atomic mass is 10.1.